The minimum atomic E-state index is 0.216. The molecule has 152 valence electrons. The zero-order chi connectivity index (χ0) is 19.6. The van der Waals surface area contributed by atoms with Gasteiger partial charge in [0.15, 0.2) is 0 Å². The Morgan fingerprint density at radius 2 is 1.52 bits per heavy atom. The minimum absolute atomic E-state index is 0.216. The van der Waals surface area contributed by atoms with Crippen LogP contribution in [-0.4, -0.2) is 52.9 Å². The number of hydrogen-bond donors (Lipinski definition) is 2. The van der Waals surface area contributed by atoms with Crippen molar-refractivity contribution in [3.63, 3.8) is 0 Å². The molecule has 1 aromatic heterocycles. The lowest BCUT2D eigenvalue weighted by molar-refractivity contribution is 0.700. The van der Waals surface area contributed by atoms with E-state index in [1.54, 1.807) is 0 Å². The van der Waals surface area contributed by atoms with Crippen LogP contribution in [0.1, 0.15) is 32.6 Å². The molecule has 0 spiro atoms. The van der Waals surface area contributed by atoms with E-state index in [0.717, 1.165) is 43.8 Å². The predicted molar refractivity (Wildman–Crippen MR) is 116 cm³/mol. The number of anilines is 3. The van der Waals surface area contributed by atoms with E-state index in [1.165, 1.54) is 31.3 Å². The summed E-state index contributed by atoms with van der Waals surface area (Å²) in [7, 11) is 0. The van der Waals surface area contributed by atoms with Gasteiger partial charge in [-0.25, -0.2) is 0 Å². The third-order valence-corrected chi connectivity index (χ3v) is 6.03. The maximum absolute atomic E-state index is 4.76. The van der Waals surface area contributed by atoms with Gasteiger partial charge in [-0.05, 0) is 38.2 Å². The van der Waals surface area contributed by atoms with E-state index in [0.29, 0.717) is 11.9 Å². The summed E-state index contributed by atoms with van der Waals surface area (Å²) in [5.41, 5.74) is 8.64. The van der Waals surface area contributed by atoms with E-state index < -0.39 is 0 Å². The normalized spacial score (nSPS) is 26.9. The molecule has 0 unspecified atom stereocenters. The molecular formula is C21H28N8. The molecule has 0 saturated carbocycles. The summed E-state index contributed by atoms with van der Waals surface area (Å²) in [6.07, 6.45) is 15.3. The molecule has 4 heterocycles. The fourth-order valence-corrected chi connectivity index (χ4v) is 4.45. The first kappa shape index (κ1) is 18.1. The Kier molecular flexibility index (Phi) is 4.91. The van der Waals surface area contributed by atoms with Crippen molar-refractivity contribution in [2.45, 2.75) is 38.6 Å². The molecule has 2 atom stereocenters. The maximum atomic E-state index is 4.76. The van der Waals surface area contributed by atoms with Crippen molar-refractivity contribution >= 4 is 23.6 Å². The van der Waals surface area contributed by atoms with Gasteiger partial charge in [0.05, 0.1) is 6.04 Å². The molecule has 2 N–H and O–H groups in total. The number of nitrogens with zero attached hydrogens (tertiary/aromatic N) is 6. The molecule has 1 aliphatic carbocycles. The quantitative estimate of drug-likeness (QED) is 0.745. The standard InChI is InChI=1S/C21H28N8/c1-15-17(16-8-2-3-9-18(16)23-15)14-22-27-19-24-20(28-10-4-5-11-28)26-21(25-19)29-12-6-7-13-29/h2-3,8-9,14,16,18,22H,4-7,10-13H2,1H3,(H,24,25,26,27)/t16-,18-/m0/s1. The number of nitrogens with one attached hydrogen (secondary N) is 2. The summed E-state index contributed by atoms with van der Waals surface area (Å²) in [5.74, 6) is 2.41. The molecule has 0 amide bonds. The molecule has 0 aromatic carbocycles. The van der Waals surface area contributed by atoms with Crippen molar-refractivity contribution in [2.24, 2.45) is 10.9 Å². The van der Waals surface area contributed by atoms with Gasteiger partial charge >= 0.3 is 0 Å². The second-order valence-corrected chi connectivity index (χ2v) is 8.02. The van der Waals surface area contributed by atoms with Crippen LogP contribution in [0.15, 0.2) is 41.1 Å². The third-order valence-electron chi connectivity index (χ3n) is 6.03. The molecule has 8 nitrogen and oxygen atoms in total. The van der Waals surface area contributed by atoms with E-state index in [4.69, 9.17) is 9.98 Å². The Balaban J connectivity index is 1.34. The fraction of sp³-hybridized carbons (Fsp3) is 0.524. The summed E-state index contributed by atoms with van der Waals surface area (Å²) in [5, 5.41) is 0. The average molecular weight is 393 g/mol. The van der Waals surface area contributed by atoms with Gasteiger partial charge in [0.2, 0.25) is 17.8 Å². The van der Waals surface area contributed by atoms with Gasteiger partial charge in [-0.15, -0.1) is 0 Å². The number of allylic oxidation sites excluding steroid dienone is 2. The van der Waals surface area contributed by atoms with Crippen LogP contribution in [-0.2, 0) is 0 Å². The molecule has 4 aliphatic rings. The first-order valence-corrected chi connectivity index (χ1v) is 10.7. The fourth-order valence-electron chi connectivity index (χ4n) is 4.45. The van der Waals surface area contributed by atoms with E-state index in [-0.39, 0.29) is 6.04 Å². The number of aromatic nitrogens is 3. The largest absolute Gasteiger partial charge is 0.341 e. The summed E-state index contributed by atoms with van der Waals surface area (Å²) in [4.78, 5) is 23.3. The van der Waals surface area contributed by atoms with Crippen LogP contribution in [0.2, 0.25) is 0 Å². The molecule has 5 rings (SSSR count). The van der Waals surface area contributed by atoms with Crippen molar-refractivity contribution in [1.82, 2.24) is 20.4 Å². The van der Waals surface area contributed by atoms with Gasteiger partial charge in [-0.3, -0.25) is 10.4 Å². The molecule has 0 radical (unpaired) electrons. The van der Waals surface area contributed by atoms with Gasteiger partial charge in [0.1, 0.15) is 0 Å². The van der Waals surface area contributed by atoms with Crippen LogP contribution in [0.25, 0.3) is 0 Å². The molecule has 3 aliphatic heterocycles. The maximum Gasteiger partial charge on any atom is 0.248 e. The summed E-state index contributed by atoms with van der Waals surface area (Å²) >= 11 is 0. The zero-order valence-electron chi connectivity index (χ0n) is 16.9. The van der Waals surface area contributed by atoms with Gasteiger partial charge in [0, 0.05) is 44.0 Å². The Morgan fingerprint density at radius 3 is 2.17 bits per heavy atom. The second kappa shape index (κ2) is 7.85. The Morgan fingerprint density at radius 1 is 0.897 bits per heavy atom. The number of hydrazine groups is 1. The summed E-state index contributed by atoms with van der Waals surface area (Å²) in [6.45, 7) is 6.11. The zero-order valence-corrected chi connectivity index (χ0v) is 16.9. The lowest BCUT2D eigenvalue weighted by Gasteiger charge is -2.21. The number of fused-ring (bicyclic) bond motifs is 1. The van der Waals surface area contributed by atoms with Crippen molar-refractivity contribution in [1.29, 1.82) is 0 Å². The molecule has 8 heteroatoms. The number of hydrogen-bond acceptors (Lipinski definition) is 8. The molecule has 1 aromatic rings. The highest BCUT2D eigenvalue weighted by atomic mass is 15.4. The van der Waals surface area contributed by atoms with Crippen molar-refractivity contribution in [3.05, 3.63) is 36.1 Å². The topological polar surface area (TPSA) is 81.6 Å². The molecule has 29 heavy (non-hydrogen) atoms. The number of rotatable bonds is 5. The molecule has 2 fully saturated rings. The number of aliphatic imine (C=N–C) groups is 1. The minimum Gasteiger partial charge on any atom is -0.341 e. The highest BCUT2D eigenvalue weighted by Crippen LogP contribution is 2.31. The highest BCUT2D eigenvalue weighted by Gasteiger charge is 2.29. The lowest BCUT2D eigenvalue weighted by Crippen LogP contribution is -2.27. The molecule has 2 saturated heterocycles. The highest BCUT2D eigenvalue weighted by molar-refractivity contribution is 6.01. The van der Waals surface area contributed by atoms with Crippen LogP contribution in [0.3, 0.4) is 0 Å². The average Bonchev–Trinajstić information content (AvgIpc) is 3.50. The monoisotopic (exact) mass is 392 g/mol. The van der Waals surface area contributed by atoms with Crippen molar-refractivity contribution in [3.8, 4) is 0 Å². The SMILES string of the molecule is CC1=N[C@H]2C=CC=C[C@H]2C1=CNNc1nc(N2CCCC2)nc(N2CCCC2)n1. The first-order valence-electron chi connectivity index (χ1n) is 10.7. The summed E-state index contributed by atoms with van der Waals surface area (Å²) < 4.78 is 0. The van der Waals surface area contributed by atoms with Crippen LogP contribution in [0.4, 0.5) is 17.8 Å². The van der Waals surface area contributed by atoms with Crippen LogP contribution in [0.5, 0.6) is 0 Å². The summed E-state index contributed by atoms with van der Waals surface area (Å²) in [6, 6.07) is 0.216. The predicted octanol–water partition coefficient (Wildman–Crippen LogP) is 2.46. The molecule has 0 bridgehead atoms. The van der Waals surface area contributed by atoms with Crippen LogP contribution < -0.4 is 20.7 Å². The molecular weight excluding hydrogens is 364 g/mol. The van der Waals surface area contributed by atoms with Crippen LogP contribution >= 0.6 is 0 Å². The third kappa shape index (κ3) is 3.71. The Labute approximate surface area is 171 Å². The smallest absolute Gasteiger partial charge is 0.248 e. The van der Waals surface area contributed by atoms with Crippen molar-refractivity contribution in [2.75, 3.05) is 41.4 Å². The van der Waals surface area contributed by atoms with Crippen LogP contribution in [0, 0.1) is 5.92 Å². The lowest BCUT2D eigenvalue weighted by atomic mass is 9.90. The van der Waals surface area contributed by atoms with Gasteiger partial charge in [0.25, 0.3) is 0 Å². The first-order chi connectivity index (χ1) is 14.3. The van der Waals surface area contributed by atoms with E-state index >= 15 is 0 Å². The van der Waals surface area contributed by atoms with Gasteiger partial charge < -0.3 is 15.2 Å². The van der Waals surface area contributed by atoms with Crippen molar-refractivity contribution < 1.29 is 0 Å². The van der Waals surface area contributed by atoms with Gasteiger partial charge in [-0.2, -0.15) is 15.0 Å². The Bertz CT molecular complexity index is 840. The Hall–Kier alpha value is -2.90. The van der Waals surface area contributed by atoms with E-state index in [1.807, 2.05) is 6.20 Å². The second-order valence-electron chi connectivity index (χ2n) is 8.02. The van der Waals surface area contributed by atoms with E-state index in [9.17, 15) is 0 Å². The van der Waals surface area contributed by atoms with E-state index in [2.05, 4.69) is 61.8 Å². The van der Waals surface area contributed by atoms with Gasteiger partial charge in [-0.1, -0.05) is 24.3 Å².